The number of nitrogens with zero attached hydrogens (tertiary/aromatic N) is 1. The predicted octanol–water partition coefficient (Wildman–Crippen LogP) is 2.02. The lowest BCUT2D eigenvalue weighted by molar-refractivity contribution is 0.0396. The molecule has 2 aliphatic carbocycles. The molecular weight excluding hydrogens is 264 g/mol. The molecule has 0 amide bonds. The van der Waals surface area contributed by atoms with E-state index in [9.17, 15) is 5.11 Å². The number of methoxy groups -OCH3 is 1. The molecule has 0 aliphatic heterocycles. The monoisotopic (exact) mass is 298 g/mol. The van der Waals surface area contributed by atoms with Gasteiger partial charge in [0, 0.05) is 37.8 Å². The van der Waals surface area contributed by atoms with Gasteiger partial charge in [-0.3, -0.25) is 4.90 Å². The van der Waals surface area contributed by atoms with E-state index in [1.54, 1.807) is 7.11 Å². The predicted molar refractivity (Wildman–Crippen MR) is 86.5 cm³/mol. The van der Waals surface area contributed by atoms with E-state index in [1.165, 1.54) is 25.7 Å². The van der Waals surface area contributed by atoms with Crippen LogP contribution >= 0.6 is 0 Å². The van der Waals surface area contributed by atoms with Crippen LogP contribution in [0.1, 0.15) is 52.4 Å². The van der Waals surface area contributed by atoms with Gasteiger partial charge in [0.15, 0.2) is 0 Å². The summed E-state index contributed by atoms with van der Waals surface area (Å²) in [6.07, 6.45) is 7.24. The van der Waals surface area contributed by atoms with E-state index >= 15 is 0 Å². The molecule has 2 aliphatic rings. The number of hydrogen-bond acceptors (Lipinski definition) is 4. The lowest BCUT2D eigenvalue weighted by Gasteiger charge is -2.45. The molecular formula is C17H34N2O2. The molecule has 2 atom stereocenters. The molecule has 0 bridgehead atoms. The highest BCUT2D eigenvalue weighted by atomic mass is 16.5. The molecule has 0 heterocycles. The zero-order chi connectivity index (χ0) is 15.3. The van der Waals surface area contributed by atoms with E-state index in [2.05, 4.69) is 24.1 Å². The van der Waals surface area contributed by atoms with Crippen LogP contribution in [0.15, 0.2) is 0 Å². The first-order valence-corrected chi connectivity index (χ1v) is 8.70. The third-order valence-electron chi connectivity index (χ3n) is 4.91. The van der Waals surface area contributed by atoms with Crippen LogP contribution in [0, 0.1) is 5.92 Å². The van der Waals surface area contributed by atoms with Crippen molar-refractivity contribution in [2.45, 2.75) is 70.0 Å². The summed E-state index contributed by atoms with van der Waals surface area (Å²) in [5, 5.41) is 13.7. The van der Waals surface area contributed by atoms with Crippen molar-refractivity contribution in [3.63, 3.8) is 0 Å². The molecule has 2 saturated carbocycles. The number of hydrogen-bond donors (Lipinski definition) is 2. The average Bonchev–Trinajstić information content (AvgIpc) is 3.27. The van der Waals surface area contributed by atoms with E-state index in [1.807, 2.05) is 0 Å². The Kier molecular flexibility index (Phi) is 6.48. The highest BCUT2D eigenvalue weighted by molar-refractivity contribution is 5.00. The average molecular weight is 298 g/mol. The molecule has 2 unspecified atom stereocenters. The molecule has 2 fully saturated rings. The molecule has 0 saturated heterocycles. The topological polar surface area (TPSA) is 44.7 Å². The number of rotatable bonds is 9. The van der Waals surface area contributed by atoms with Crippen molar-refractivity contribution < 1.29 is 9.84 Å². The van der Waals surface area contributed by atoms with Gasteiger partial charge in [0.1, 0.15) is 0 Å². The Bertz CT molecular complexity index is 307. The lowest BCUT2D eigenvalue weighted by Crippen LogP contribution is -2.57. The Hall–Kier alpha value is -0.160. The van der Waals surface area contributed by atoms with Gasteiger partial charge >= 0.3 is 0 Å². The molecule has 2 rings (SSSR count). The van der Waals surface area contributed by atoms with Crippen LogP contribution in [0.25, 0.3) is 0 Å². The fourth-order valence-electron chi connectivity index (χ4n) is 3.72. The fraction of sp³-hybridized carbons (Fsp3) is 1.00. The Labute approximate surface area is 130 Å². The summed E-state index contributed by atoms with van der Waals surface area (Å²) in [6, 6.07) is 1.24. The lowest BCUT2D eigenvalue weighted by atomic mass is 9.78. The van der Waals surface area contributed by atoms with Gasteiger partial charge in [0.2, 0.25) is 0 Å². The quantitative estimate of drug-likeness (QED) is 0.683. The normalized spacial score (nSPS) is 30.3. The van der Waals surface area contributed by atoms with Gasteiger partial charge in [-0.1, -0.05) is 13.8 Å². The summed E-state index contributed by atoms with van der Waals surface area (Å²) in [5.74, 6) is 0.670. The molecule has 0 aromatic rings. The van der Waals surface area contributed by atoms with Crippen molar-refractivity contribution in [2.75, 3.05) is 33.4 Å². The van der Waals surface area contributed by atoms with Gasteiger partial charge < -0.3 is 15.2 Å². The van der Waals surface area contributed by atoms with Gasteiger partial charge in [-0.05, 0) is 44.4 Å². The molecule has 124 valence electrons. The van der Waals surface area contributed by atoms with Crippen molar-refractivity contribution in [1.29, 1.82) is 0 Å². The number of aliphatic hydroxyl groups excluding tert-OH is 1. The van der Waals surface area contributed by atoms with Crippen LogP contribution in [0.4, 0.5) is 0 Å². The van der Waals surface area contributed by atoms with E-state index in [0.717, 1.165) is 32.5 Å². The maximum Gasteiger partial charge on any atom is 0.0613 e. The van der Waals surface area contributed by atoms with Gasteiger partial charge in [-0.15, -0.1) is 0 Å². The highest BCUT2D eigenvalue weighted by Crippen LogP contribution is 2.34. The number of nitrogens with one attached hydrogen (secondary N) is 1. The first-order chi connectivity index (χ1) is 10.1. The van der Waals surface area contributed by atoms with Gasteiger partial charge in [-0.25, -0.2) is 0 Å². The summed E-state index contributed by atoms with van der Waals surface area (Å²) in [6.45, 7) is 7.77. The van der Waals surface area contributed by atoms with E-state index in [0.29, 0.717) is 18.0 Å². The standard InChI is InChI=1S/C17H34N2O2/c1-14(2)12-19(9-10-21-3)16-5-4-8-17(11-16,13-20)18-15-6-7-15/h14-16,18,20H,4-13H2,1-3H3. The van der Waals surface area contributed by atoms with Gasteiger partial charge in [0.25, 0.3) is 0 Å². The second-order valence-electron chi connectivity index (χ2n) is 7.49. The molecule has 0 radical (unpaired) electrons. The first kappa shape index (κ1) is 17.2. The maximum atomic E-state index is 9.97. The Morgan fingerprint density at radius 3 is 2.67 bits per heavy atom. The maximum absolute atomic E-state index is 9.97. The Morgan fingerprint density at radius 1 is 1.33 bits per heavy atom. The molecule has 0 spiro atoms. The van der Waals surface area contributed by atoms with Gasteiger partial charge in [-0.2, -0.15) is 0 Å². The second-order valence-corrected chi connectivity index (χ2v) is 7.49. The second kappa shape index (κ2) is 7.91. The molecule has 4 heteroatoms. The van der Waals surface area contributed by atoms with Crippen molar-refractivity contribution in [1.82, 2.24) is 10.2 Å². The smallest absolute Gasteiger partial charge is 0.0613 e. The molecule has 0 aromatic heterocycles. The van der Waals surface area contributed by atoms with Crippen LogP contribution in [0.3, 0.4) is 0 Å². The van der Waals surface area contributed by atoms with Crippen LogP contribution in [0.5, 0.6) is 0 Å². The van der Waals surface area contributed by atoms with Crippen LogP contribution in [0.2, 0.25) is 0 Å². The van der Waals surface area contributed by atoms with Crippen molar-refractivity contribution in [3.05, 3.63) is 0 Å². The third-order valence-corrected chi connectivity index (χ3v) is 4.91. The summed E-state index contributed by atoms with van der Waals surface area (Å²) in [7, 11) is 1.78. The summed E-state index contributed by atoms with van der Waals surface area (Å²) in [4.78, 5) is 2.59. The SMILES string of the molecule is COCCN(CC(C)C)C1CCCC(CO)(NC2CC2)C1. The molecule has 0 aromatic carbocycles. The zero-order valence-electron chi connectivity index (χ0n) is 14.1. The van der Waals surface area contributed by atoms with Crippen molar-refractivity contribution in [3.8, 4) is 0 Å². The van der Waals surface area contributed by atoms with E-state index in [-0.39, 0.29) is 12.1 Å². The van der Waals surface area contributed by atoms with Crippen LogP contribution in [-0.2, 0) is 4.74 Å². The van der Waals surface area contributed by atoms with Crippen molar-refractivity contribution in [2.24, 2.45) is 5.92 Å². The van der Waals surface area contributed by atoms with Gasteiger partial charge in [0.05, 0.1) is 13.2 Å². The third kappa shape index (κ3) is 5.20. The van der Waals surface area contributed by atoms with E-state index < -0.39 is 0 Å². The van der Waals surface area contributed by atoms with Crippen molar-refractivity contribution >= 4 is 0 Å². The summed E-state index contributed by atoms with van der Waals surface area (Å²) >= 11 is 0. The number of aliphatic hydroxyl groups is 1. The molecule has 2 N–H and O–H groups in total. The Balaban J connectivity index is 1.97. The largest absolute Gasteiger partial charge is 0.394 e. The van der Waals surface area contributed by atoms with Crippen LogP contribution in [-0.4, -0.2) is 61.0 Å². The minimum atomic E-state index is -0.0353. The van der Waals surface area contributed by atoms with E-state index in [4.69, 9.17) is 4.74 Å². The van der Waals surface area contributed by atoms with Crippen LogP contribution < -0.4 is 5.32 Å². The summed E-state index contributed by atoms with van der Waals surface area (Å²) < 4.78 is 5.29. The number of ether oxygens (including phenoxy) is 1. The summed E-state index contributed by atoms with van der Waals surface area (Å²) in [5.41, 5.74) is -0.0353. The molecule has 4 nitrogen and oxygen atoms in total. The Morgan fingerprint density at radius 2 is 2.10 bits per heavy atom. The minimum absolute atomic E-state index is 0.0353. The highest BCUT2D eigenvalue weighted by Gasteiger charge is 2.41. The molecule has 21 heavy (non-hydrogen) atoms. The minimum Gasteiger partial charge on any atom is -0.394 e. The first-order valence-electron chi connectivity index (χ1n) is 8.70. The zero-order valence-corrected chi connectivity index (χ0v) is 14.1. The fourth-order valence-corrected chi connectivity index (χ4v) is 3.72.